The molecule has 1 unspecified atom stereocenters. The highest BCUT2D eigenvalue weighted by molar-refractivity contribution is 7.93. The van der Waals surface area contributed by atoms with Gasteiger partial charge in [-0.05, 0) is 26.1 Å². The van der Waals surface area contributed by atoms with Crippen molar-refractivity contribution in [3.05, 3.63) is 28.0 Å². The van der Waals surface area contributed by atoms with Gasteiger partial charge in [0.05, 0.1) is 21.0 Å². The molecular weight excluding hydrogens is 302 g/mol. The minimum Gasteiger partial charge on any atom is -0.318 e. The van der Waals surface area contributed by atoms with E-state index in [1.807, 2.05) is 0 Å². The summed E-state index contributed by atoms with van der Waals surface area (Å²) in [6.07, 6.45) is 0. The van der Waals surface area contributed by atoms with Crippen molar-refractivity contribution in [3.63, 3.8) is 0 Å². The first kappa shape index (κ1) is 15.5. The Balaban J connectivity index is 2.98. The Morgan fingerprint density at radius 2 is 1.83 bits per heavy atom. The monoisotopic (exact) mass is 314 g/mol. The van der Waals surface area contributed by atoms with Gasteiger partial charge in [-0.25, -0.2) is 12.8 Å². The van der Waals surface area contributed by atoms with E-state index in [4.69, 9.17) is 23.2 Å². The van der Waals surface area contributed by atoms with Gasteiger partial charge in [-0.1, -0.05) is 23.2 Å². The molecule has 0 aromatic heterocycles. The zero-order chi connectivity index (χ0) is 13.9. The van der Waals surface area contributed by atoms with Crippen LogP contribution in [0.1, 0.15) is 6.92 Å². The number of hydrogen-bond donors (Lipinski definition) is 2. The Morgan fingerprint density at radius 3 is 2.28 bits per heavy atom. The molecule has 0 fully saturated rings. The SMILES string of the molecule is CNCC(C)S(=O)(=O)Nc1cc(Cl)c(F)c(Cl)c1. The Kier molecular flexibility index (Phi) is 5.21. The van der Waals surface area contributed by atoms with Crippen molar-refractivity contribution >= 4 is 38.9 Å². The van der Waals surface area contributed by atoms with Crippen molar-refractivity contribution in [2.45, 2.75) is 12.2 Å². The first-order valence-corrected chi connectivity index (χ1v) is 7.39. The molecule has 0 aliphatic heterocycles. The van der Waals surface area contributed by atoms with Gasteiger partial charge in [-0.15, -0.1) is 0 Å². The van der Waals surface area contributed by atoms with Gasteiger partial charge in [0.15, 0.2) is 5.82 Å². The highest BCUT2D eigenvalue weighted by Gasteiger charge is 2.20. The summed E-state index contributed by atoms with van der Waals surface area (Å²) in [5, 5.41) is 1.64. The van der Waals surface area contributed by atoms with E-state index in [0.29, 0.717) is 0 Å². The first-order chi connectivity index (χ1) is 8.27. The van der Waals surface area contributed by atoms with E-state index in [1.165, 1.54) is 12.1 Å². The van der Waals surface area contributed by atoms with E-state index in [2.05, 4.69) is 10.0 Å². The Labute approximate surface area is 116 Å². The number of nitrogens with one attached hydrogen (secondary N) is 2. The average Bonchev–Trinajstić information content (AvgIpc) is 2.25. The average molecular weight is 315 g/mol. The minimum absolute atomic E-state index is 0.134. The molecule has 1 rings (SSSR count). The zero-order valence-corrected chi connectivity index (χ0v) is 12.1. The lowest BCUT2D eigenvalue weighted by Gasteiger charge is -2.14. The van der Waals surface area contributed by atoms with Crippen LogP contribution in [0.4, 0.5) is 10.1 Å². The maximum absolute atomic E-state index is 13.2. The molecule has 0 aliphatic rings. The van der Waals surface area contributed by atoms with Crippen LogP contribution in [-0.2, 0) is 10.0 Å². The molecule has 0 bridgehead atoms. The molecule has 0 spiro atoms. The molecular formula is C10H13Cl2FN2O2S. The van der Waals surface area contributed by atoms with E-state index in [0.717, 1.165) is 0 Å². The van der Waals surface area contributed by atoms with Gasteiger partial charge in [-0.3, -0.25) is 4.72 Å². The van der Waals surface area contributed by atoms with Crippen molar-refractivity contribution in [2.75, 3.05) is 18.3 Å². The summed E-state index contributed by atoms with van der Waals surface area (Å²) in [5.41, 5.74) is 0.134. The fourth-order valence-corrected chi connectivity index (χ4v) is 2.80. The molecule has 0 saturated carbocycles. The molecule has 0 amide bonds. The quantitative estimate of drug-likeness (QED) is 0.821. The summed E-state index contributed by atoms with van der Waals surface area (Å²) in [5.74, 6) is -0.774. The summed E-state index contributed by atoms with van der Waals surface area (Å²) in [6.45, 7) is 1.84. The standard InChI is InChI=1S/C10H13Cl2FN2O2S/c1-6(5-14-2)18(16,17)15-7-3-8(11)10(13)9(12)4-7/h3-4,6,14-15H,5H2,1-2H3. The Morgan fingerprint density at radius 1 is 1.33 bits per heavy atom. The maximum Gasteiger partial charge on any atom is 0.236 e. The van der Waals surface area contributed by atoms with Crippen LogP contribution in [0.5, 0.6) is 0 Å². The van der Waals surface area contributed by atoms with Crippen molar-refractivity contribution < 1.29 is 12.8 Å². The topological polar surface area (TPSA) is 58.2 Å². The summed E-state index contributed by atoms with van der Waals surface area (Å²) < 4.78 is 39.2. The lowest BCUT2D eigenvalue weighted by Crippen LogP contribution is -2.33. The molecule has 1 aromatic rings. The maximum atomic E-state index is 13.2. The summed E-state index contributed by atoms with van der Waals surface area (Å²) >= 11 is 11.2. The van der Waals surface area contributed by atoms with E-state index in [1.54, 1.807) is 14.0 Å². The fraction of sp³-hybridized carbons (Fsp3) is 0.400. The number of benzene rings is 1. The summed E-state index contributed by atoms with van der Waals surface area (Å²) in [6, 6.07) is 2.35. The van der Waals surface area contributed by atoms with Gasteiger partial charge in [0.1, 0.15) is 0 Å². The molecule has 8 heteroatoms. The smallest absolute Gasteiger partial charge is 0.236 e. The molecule has 4 nitrogen and oxygen atoms in total. The molecule has 102 valence electrons. The third kappa shape index (κ3) is 3.71. The molecule has 1 aromatic carbocycles. The van der Waals surface area contributed by atoms with Crippen LogP contribution < -0.4 is 10.0 Å². The molecule has 1 atom stereocenters. The first-order valence-electron chi connectivity index (χ1n) is 5.08. The second kappa shape index (κ2) is 6.06. The number of halogens is 3. The third-order valence-corrected chi connectivity index (χ3v) is 4.56. The summed E-state index contributed by atoms with van der Waals surface area (Å²) in [7, 11) is -1.92. The van der Waals surface area contributed by atoms with Gasteiger partial charge < -0.3 is 5.32 Å². The van der Waals surface area contributed by atoms with E-state index in [-0.39, 0.29) is 22.3 Å². The summed E-state index contributed by atoms with van der Waals surface area (Å²) in [4.78, 5) is 0. The molecule has 0 saturated heterocycles. The van der Waals surface area contributed by atoms with Crippen LogP contribution >= 0.6 is 23.2 Å². The third-order valence-electron chi connectivity index (χ3n) is 2.27. The Hall–Kier alpha value is -0.560. The fourth-order valence-electron chi connectivity index (χ4n) is 1.28. The molecule has 2 N–H and O–H groups in total. The Bertz CT molecular complexity index is 514. The number of anilines is 1. The van der Waals surface area contributed by atoms with Gasteiger partial charge in [0, 0.05) is 6.54 Å². The molecule has 0 radical (unpaired) electrons. The van der Waals surface area contributed by atoms with Crippen molar-refractivity contribution in [2.24, 2.45) is 0 Å². The van der Waals surface area contributed by atoms with Crippen LogP contribution in [0.15, 0.2) is 12.1 Å². The van der Waals surface area contributed by atoms with Crippen molar-refractivity contribution in [1.82, 2.24) is 5.32 Å². The second-order valence-corrected chi connectivity index (χ2v) is 6.68. The van der Waals surface area contributed by atoms with E-state index in [9.17, 15) is 12.8 Å². The van der Waals surface area contributed by atoms with Gasteiger partial charge in [0.2, 0.25) is 10.0 Å². The van der Waals surface area contributed by atoms with Crippen LogP contribution in [-0.4, -0.2) is 27.3 Å². The van der Waals surface area contributed by atoms with Crippen LogP contribution in [0, 0.1) is 5.82 Å². The lowest BCUT2D eigenvalue weighted by molar-refractivity contribution is 0.583. The largest absolute Gasteiger partial charge is 0.318 e. The zero-order valence-electron chi connectivity index (χ0n) is 9.80. The van der Waals surface area contributed by atoms with Crippen LogP contribution in [0.3, 0.4) is 0 Å². The number of hydrogen-bond acceptors (Lipinski definition) is 3. The highest BCUT2D eigenvalue weighted by Crippen LogP contribution is 2.28. The number of sulfonamides is 1. The van der Waals surface area contributed by atoms with Crippen LogP contribution in [0.2, 0.25) is 10.0 Å². The minimum atomic E-state index is -3.57. The predicted octanol–water partition coefficient (Wildman–Crippen LogP) is 2.48. The van der Waals surface area contributed by atoms with Crippen molar-refractivity contribution in [3.8, 4) is 0 Å². The van der Waals surface area contributed by atoms with Gasteiger partial charge in [0.25, 0.3) is 0 Å². The van der Waals surface area contributed by atoms with E-state index < -0.39 is 21.1 Å². The van der Waals surface area contributed by atoms with Gasteiger partial charge >= 0.3 is 0 Å². The molecule has 18 heavy (non-hydrogen) atoms. The normalized spacial score (nSPS) is 13.4. The highest BCUT2D eigenvalue weighted by atomic mass is 35.5. The second-order valence-electron chi connectivity index (χ2n) is 3.77. The lowest BCUT2D eigenvalue weighted by atomic mass is 10.3. The van der Waals surface area contributed by atoms with Crippen LogP contribution in [0.25, 0.3) is 0 Å². The van der Waals surface area contributed by atoms with Crippen molar-refractivity contribution in [1.29, 1.82) is 0 Å². The molecule has 0 aliphatic carbocycles. The van der Waals surface area contributed by atoms with E-state index >= 15 is 0 Å². The predicted molar refractivity (Wildman–Crippen MR) is 72.4 cm³/mol. The van der Waals surface area contributed by atoms with Gasteiger partial charge in [-0.2, -0.15) is 0 Å². The number of rotatable bonds is 5. The molecule has 0 heterocycles.